The van der Waals surface area contributed by atoms with Gasteiger partial charge in [-0.25, -0.2) is 0 Å². The largest absolute Gasteiger partial charge is 0.495 e. The number of fused-ring (bicyclic) bond motifs is 3. The van der Waals surface area contributed by atoms with Crippen LogP contribution in [0.15, 0.2) is 36.4 Å². The van der Waals surface area contributed by atoms with Gasteiger partial charge < -0.3 is 9.47 Å². The Morgan fingerprint density at radius 2 is 1.97 bits per heavy atom. The maximum Gasteiger partial charge on any atom is 0.452 e. The van der Waals surface area contributed by atoms with E-state index in [0.717, 1.165) is 4.57 Å². The monoisotopic (exact) mass is 468 g/mol. The molecule has 2 atom stereocenters. The van der Waals surface area contributed by atoms with Crippen molar-refractivity contribution in [2.45, 2.75) is 24.8 Å². The second-order valence-electron chi connectivity index (χ2n) is 6.65. The third-order valence-electron chi connectivity index (χ3n) is 4.82. The molecule has 0 fully saturated rings. The van der Waals surface area contributed by atoms with Gasteiger partial charge >= 0.3 is 6.18 Å². The van der Waals surface area contributed by atoms with Crippen molar-refractivity contribution in [3.63, 3.8) is 0 Å². The van der Waals surface area contributed by atoms with E-state index >= 15 is 0 Å². The molecule has 0 saturated heterocycles. The quantitative estimate of drug-likeness (QED) is 0.494. The Balaban J connectivity index is 2.03. The fraction of sp³-hybridized carbons (Fsp3) is 0.250. The fourth-order valence-corrected chi connectivity index (χ4v) is 4.00. The van der Waals surface area contributed by atoms with Crippen LogP contribution < -0.4 is 4.74 Å². The molecule has 160 valence electrons. The first-order valence-electron chi connectivity index (χ1n) is 8.93. The van der Waals surface area contributed by atoms with Gasteiger partial charge in [-0.1, -0.05) is 35.3 Å². The van der Waals surface area contributed by atoms with Crippen LogP contribution in [0.2, 0.25) is 10.0 Å². The van der Waals surface area contributed by atoms with Crippen LogP contribution in [0.3, 0.4) is 0 Å². The van der Waals surface area contributed by atoms with E-state index in [1.54, 1.807) is 18.2 Å². The highest BCUT2D eigenvalue weighted by Gasteiger charge is 2.43. The Morgan fingerprint density at radius 3 is 2.65 bits per heavy atom. The minimum atomic E-state index is -4.78. The third-order valence-corrected chi connectivity index (χ3v) is 5.45. The number of hydrogen-bond acceptors (Lipinski definition) is 5. The molecule has 1 aromatic heterocycles. The summed E-state index contributed by atoms with van der Waals surface area (Å²) in [7, 11) is 1.44. The van der Waals surface area contributed by atoms with Gasteiger partial charge in [0.15, 0.2) is 5.82 Å². The highest BCUT2D eigenvalue weighted by atomic mass is 35.5. The van der Waals surface area contributed by atoms with Gasteiger partial charge in [-0.2, -0.15) is 18.4 Å². The van der Waals surface area contributed by atoms with Crippen molar-refractivity contribution in [2.75, 3.05) is 7.11 Å². The number of nitrogens with zero attached hydrogens (tertiary/aromatic N) is 4. The summed E-state index contributed by atoms with van der Waals surface area (Å²) in [6.07, 6.45) is -7.09. The number of halogens is 5. The molecule has 0 N–H and O–H groups in total. The molecule has 0 spiro atoms. The molecule has 0 radical (unpaired) electrons. The van der Waals surface area contributed by atoms with Gasteiger partial charge in [0.1, 0.15) is 18.0 Å². The molecule has 4 rings (SSSR count). The Morgan fingerprint density at radius 1 is 1.19 bits per heavy atom. The molecule has 0 bridgehead atoms. The lowest BCUT2D eigenvalue weighted by Crippen LogP contribution is -2.16. The van der Waals surface area contributed by atoms with Crippen LogP contribution in [0.5, 0.6) is 5.75 Å². The highest BCUT2D eigenvalue weighted by molar-refractivity contribution is 6.33. The molecular formula is C20H13Cl2F3N4O2. The minimum Gasteiger partial charge on any atom is -0.495 e. The standard InChI is InChI=1S/C20H13Cl2F3N4O2/c1-30-14-4-2-3-11(16(14)22)17-12-9-10(21)5-6-13(12)29-18(15(31-17)7-8-26)27-28-19(29)20(23,24)25/h2-6,9,15,17H,7H2,1H3/t15-,17-/m1/s1. The van der Waals surface area contributed by atoms with Gasteiger partial charge in [-0.05, 0) is 24.3 Å². The summed E-state index contributed by atoms with van der Waals surface area (Å²) >= 11 is 12.7. The molecule has 0 amide bonds. The average molecular weight is 469 g/mol. The van der Waals surface area contributed by atoms with Crippen molar-refractivity contribution in [1.82, 2.24) is 14.8 Å². The number of alkyl halides is 3. The normalized spacial score (nSPS) is 18.0. The first-order valence-corrected chi connectivity index (χ1v) is 9.69. The molecule has 0 unspecified atom stereocenters. The van der Waals surface area contributed by atoms with Gasteiger partial charge in [-0.15, -0.1) is 10.2 Å². The maximum absolute atomic E-state index is 13.7. The first kappa shape index (κ1) is 21.4. The van der Waals surface area contributed by atoms with Crippen molar-refractivity contribution >= 4 is 23.2 Å². The average Bonchev–Trinajstić information content (AvgIpc) is 3.12. The summed E-state index contributed by atoms with van der Waals surface area (Å²) in [5.41, 5.74) is 0.885. The lowest BCUT2D eigenvalue weighted by molar-refractivity contribution is -0.146. The number of nitriles is 1. The Bertz CT molecular complexity index is 1190. The summed E-state index contributed by atoms with van der Waals surface area (Å²) in [4.78, 5) is 0. The Hall–Kier alpha value is -2.80. The van der Waals surface area contributed by atoms with Crippen LogP contribution in [-0.4, -0.2) is 21.9 Å². The zero-order valence-corrected chi connectivity index (χ0v) is 17.3. The lowest BCUT2D eigenvalue weighted by atomic mass is 9.99. The number of ether oxygens (including phenoxy) is 2. The van der Waals surface area contributed by atoms with Crippen LogP contribution >= 0.6 is 23.2 Å². The number of rotatable bonds is 3. The molecule has 11 heteroatoms. The molecule has 0 aliphatic carbocycles. The summed E-state index contributed by atoms with van der Waals surface area (Å²) in [6.45, 7) is 0. The second kappa shape index (κ2) is 8.04. The molecule has 2 aromatic carbocycles. The van der Waals surface area contributed by atoms with Crippen molar-refractivity contribution in [3.05, 3.63) is 69.2 Å². The van der Waals surface area contributed by atoms with Gasteiger partial charge in [0, 0.05) is 16.1 Å². The Labute approximate surface area is 184 Å². The minimum absolute atomic E-state index is 0.126. The summed E-state index contributed by atoms with van der Waals surface area (Å²) in [5, 5.41) is 16.8. The predicted molar refractivity (Wildman–Crippen MR) is 105 cm³/mol. The number of hydrogen-bond donors (Lipinski definition) is 0. The van der Waals surface area contributed by atoms with E-state index in [0.29, 0.717) is 16.9 Å². The van der Waals surface area contributed by atoms with Gasteiger partial charge in [0.05, 0.1) is 30.3 Å². The van der Waals surface area contributed by atoms with E-state index in [9.17, 15) is 18.4 Å². The SMILES string of the molecule is COc1cccc([C@H]2O[C@H](CC#N)c3nnc(C(F)(F)F)n3-c3ccc(Cl)cc32)c1Cl. The molecule has 1 aliphatic heterocycles. The number of aromatic nitrogens is 3. The van der Waals surface area contributed by atoms with Gasteiger partial charge in [0.25, 0.3) is 0 Å². The van der Waals surface area contributed by atoms with E-state index < -0.39 is 24.2 Å². The number of methoxy groups -OCH3 is 1. The van der Waals surface area contributed by atoms with Crippen molar-refractivity contribution in [2.24, 2.45) is 0 Å². The smallest absolute Gasteiger partial charge is 0.452 e. The third kappa shape index (κ3) is 3.71. The molecule has 0 saturated carbocycles. The van der Waals surface area contributed by atoms with Crippen LogP contribution in [0.1, 0.15) is 41.4 Å². The molecule has 2 heterocycles. The highest BCUT2D eigenvalue weighted by Crippen LogP contribution is 2.46. The topological polar surface area (TPSA) is 73.0 Å². The lowest BCUT2D eigenvalue weighted by Gasteiger charge is -2.23. The molecule has 31 heavy (non-hydrogen) atoms. The van der Waals surface area contributed by atoms with E-state index in [-0.39, 0.29) is 28.0 Å². The van der Waals surface area contributed by atoms with Gasteiger partial charge in [-0.3, -0.25) is 4.57 Å². The summed E-state index contributed by atoms with van der Waals surface area (Å²) in [6, 6.07) is 11.3. The van der Waals surface area contributed by atoms with E-state index in [1.807, 2.05) is 6.07 Å². The zero-order valence-electron chi connectivity index (χ0n) is 15.8. The van der Waals surface area contributed by atoms with Crippen LogP contribution in [0.4, 0.5) is 13.2 Å². The number of benzene rings is 2. The van der Waals surface area contributed by atoms with E-state index in [2.05, 4.69) is 10.2 Å². The summed E-state index contributed by atoms with van der Waals surface area (Å²) < 4.78 is 53.4. The molecule has 3 aromatic rings. The fourth-order valence-electron chi connectivity index (χ4n) is 3.51. The molecule has 1 aliphatic rings. The van der Waals surface area contributed by atoms with Crippen molar-refractivity contribution in [1.29, 1.82) is 5.26 Å². The van der Waals surface area contributed by atoms with Crippen molar-refractivity contribution in [3.8, 4) is 17.5 Å². The van der Waals surface area contributed by atoms with Crippen LogP contribution in [0.25, 0.3) is 5.69 Å². The maximum atomic E-state index is 13.7. The van der Waals surface area contributed by atoms with Crippen LogP contribution in [0, 0.1) is 11.3 Å². The Kier molecular flexibility index (Phi) is 5.56. The molecule has 6 nitrogen and oxygen atoms in total. The predicted octanol–water partition coefficient (Wildman–Crippen LogP) is 5.68. The first-order chi connectivity index (χ1) is 14.8. The van der Waals surface area contributed by atoms with Crippen LogP contribution in [-0.2, 0) is 10.9 Å². The summed E-state index contributed by atoms with van der Waals surface area (Å²) in [5.74, 6) is -1.00. The van der Waals surface area contributed by atoms with Crippen molar-refractivity contribution < 1.29 is 22.6 Å². The second-order valence-corrected chi connectivity index (χ2v) is 7.46. The van der Waals surface area contributed by atoms with E-state index in [1.165, 1.54) is 25.3 Å². The van der Waals surface area contributed by atoms with E-state index in [4.69, 9.17) is 32.7 Å². The van der Waals surface area contributed by atoms with Gasteiger partial charge in [0.2, 0.25) is 5.82 Å². The zero-order chi connectivity index (χ0) is 22.3. The molecular weight excluding hydrogens is 456 g/mol.